The van der Waals surface area contributed by atoms with Gasteiger partial charge in [0.2, 0.25) is 0 Å². The van der Waals surface area contributed by atoms with Crippen LogP contribution < -0.4 is 10.5 Å². The van der Waals surface area contributed by atoms with E-state index in [1.54, 1.807) is 30.6 Å². The summed E-state index contributed by atoms with van der Waals surface area (Å²) in [6.45, 7) is 0. The SMILES string of the molecule is Nc1c(Oc2cc(Cl)c(Br)cc2Cl)ccc2cnccc12. The first-order valence-electron chi connectivity index (χ1n) is 6.01. The van der Waals surface area contributed by atoms with Crippen molar-refractivity contribution in [1.29, 1.82) is 0 Å². The summed E-state index contributed by atoms with van der Waals surface area (Å²) < 4.78 is 6.51. The van der Waals surface area contributed by atoms with Crippen LogP contribution in [0.3, 0.4) is 0 Å². The van der Waals surface area contributed by atoms with Crippen LogP contribution in [0.1, 0.15) is 0 Å². The van der Waals surface area contributed by atoms with Gasteiger partial charge in [-0.15, -0.1) is 0 Å². The number of fused-ring (bicyclic) bond motifs is 1. The van der Waals surface area contributed by atoms with Gasteiger partial charge in [0.05, 0.1) is 15.7 Å². The molecule has 0 bridgehead atoms. The van der Waals surface area contributed by atoms with Gasteiger partial charge < -0.3 is 10.5 Å². The Morgan fingerprint density at radius 1 is 1.05 bits per heavy atom. The van der Waals surface area contributed by atoms with E-state index in [-0.39, 0.29) is 0 Å². The predicted molar refractivity (Wildman–Crippen MR) is 90.4 cm³/mol. The van der Waals surface area contributed by atoms with E-state index in [4.69, 9.17) is 33.7 Å². The van der Waals surface area contributed by atoms with Crippen LogP contribution >= 0.6 is 39.1 Å². The van der Waals surface area contributed by atoms with E-state index in [9.17, 15) is 0 Å². The molecule has 6 heteroatoms. The van der Waals surface area contributed by atoms with E-state index in [2.05, 4.69) is 20.9 Å². The topological polar surface area (TPSA) is 48.1 Å². The summed E-state index contributed by atoms with van der Waals surface area (Å²) in [5, 5.41) is 2.78. The Bertz CT molecular complexity index is 839. The molecule has 0 amide bonds. The molecular formula is C15H9BrCl2N2O. The minimum atomic E-state index is 0.445. The van der Waals surface area contributed by atoms with Gasteiger partial charge in [0.15, 0.2) is 5.75 Å². The fraction of sp³-hybridized carbons (Fsp3) is 0. The van der Waals surface area contributed by atoms with Gasteiger partial charge in [-0.25, -0.2) is 0 Å². The standard InChI is InChI=1S/C15H9BrCl2N2O/c16-10-5-12(18)14(6-11(10)17)21-13-2-1-8-7-20-4-3-9(8)15(13)19/h1-7H,19H2. The zero-order valence-electron chi connectivity index (χ0n) is 10.6. The van der Waals surface area contributed by atoms with Gasteiger partial charge in [-0.1, -0.05) is 23.2 Å². The van der Waals surface area contributed by atoms with Gasteiger partial charge in [-0.3, -0.25) is 4.98 Å². The van der Waals surface area contributed by atoms with Crippen molar-refractivity contribution in [3.63, 3.8) is 0 Å². The Hall–Kier alpha value is -1.49. The molecule has 0 aliphatic carbocycles. The highest BCUT2D eigenvalue weighted by atomic mass is 79.9. The van der Waals surface area contributed by atoms with E-state index in [0.29, 0.717) is 31.7 Å². The third-order valence-electron chi connectivity index (χ3n) is 3.02. The largest absolute Gasteiger partial charge is 0.454 e. The number of pyridine rings is 1. The van der Waals surface area contributed by atoms with Crippen molar-refractivity contribution in [2.24, 2.45) is 0 Å². The second-order valence-electron chi connectivity index (χ2n) is 4.37. The second kappa shape index (κ2) is 5.72. The molecule has 106 valence electrons. The molecule has 0 spiro atoms. The molecule has 0 atom stereocenters. The summed E-state index contributed by atoms with van der Waals surface area (Å²) in [4.78, 5) is 4.06. The molecule has 0 fully saturated rings. The number of anilines is 1. The van der Waals surface area contributed by atoms with Crippen LogP contribution in [0.15, 0.2) is 47.2 Å². The van der Waals surface area contributed by atoms with Crippen molar-refractivity contribution < 1.29 is 4.74 Å². The van der Waals surface area contributed by atoms with Crippen molar-refractivity contribution in [1.82, 2.24) is 4.98 Å². The van der Waals surface area contributed by atoms with E-state index in [1.807, 2.05) is 12.1 Å². The molecule has 21 heavy (non-hydrogen) atoms. The van der Waals surface area contributed by atoms with Gasteiger partial charge in [0.1, 0.15) is 5.75 Å². The zero-order valence-corrected chi connectivity index (χ0v) is 13.7. The maximum Gasteiger partial charge on any atom is 0.151 e. The molecule has 0 saturated heterocycles. The number of nitrogen functional groups attached to an aromatic ring is 1. The molecule has 1 heterocycles. The maximum atomic E-state index is 6.16. The van der Waals surface area contributed by atoms with Crippen LogP contribution in [0.25, 0.3) is 10.8 Å². The van der Waals surface area contributed by atoms with Crippen LogP contribution in [-0.4, -0.2) is 4.98 Å². The number of rotatable bonds is 2. The third-order valence-corrected chi connectivity index (χ3v) is 4.51. The monoisotopic (exact) mass is 382 g/mol. The summed E-state index contributed by atoms with van der Waals surface area (Å²) in [5.41, 5.74) is 6.68. The molecular weight excluding hydrogens is 375 g/mol. The highest BCUT2D eigenvalue weighted by Crippen LogP contribution is 2.39. The number of hydrogen-bond donors (Lipinski definition) is 1. The molecule has 2 N–H and O–H groups in total. The first-order chi connectivity index (χ1) is 10.1. The van der Waals surface area contributed by atoms with Crippen LogP contribution in [0.2, 0.25) is 10.0 Å². The number of ether oxygens (including phenoxy) is 1. The van der Waals surface area contributed by atoms with E-state index in [0.717, 1.165) is 10.8 Å². The summed E-state index contributed by atoms with van der Waals surface area (Å²) in [5.74, 6) is 0.971. The Morgan fingerprint density at radius 2 is 1.86 bits per heavy atom. The first-order valence-corrected chi connectivity index (χ1v) is 7.56. The molecule has 3 rings (SSSR count). The van der Waals surface area contributed by atoms with Crippen molar-refractivity contribution in [3.8, 4) is 11.5 Å². The summed E-state index contributed by atoms with van der Waals surface area (Å²) >= 11 is 15.5. The number of aromatic nitrogens is 1. The van der Waals surface area contributed by atoms with E-state index in [1.165, 1.54) is 0 Å². The lowest BCUT2D eigenvalue weighted by molar-refractivity contribution is 0.486. The molecule has 3 aromatic rings. The number of nitrogens with zero attached hydrogens (tertiary/aromatic N) is 1. The molecule has 0 aliphatic heterocycles. The van der Waals surface area contributed by atoms with Crippen LogP contribution in [-0.2, 0) is 0 Å². The first kappa shape index (κ1) is 14.4. The van der Waals surface area contributed by atoms with Crippen molar-refractivity contribution >= 4 is 55.6 Å². The minimum Gasteiger partial charge on any atom is -0.454 e. The molecule has 0 unspecified atom stereocenters. The summed E-state index contributed by atoms with van der Waals surface area (Å²) in [6.07, 6.45) is 3.44. The molecule has 2 aromatic carbocycles. The fourth-order valence-corrected chi connectivity index (χ4v) is 2.79. The quantitative estimate of drug-likeness (QED) is 0.457. The Balaban J connectivity index is 2.06. The summed E-state index contributed by atoms with van der Waals surface area (Å²) in [6, 6.07) is 8.84. The van der Waals surface area contributed by atoms with Crippen molar-refractivity contribution in [2.75, 3.05) is 5.73 Å². The second-order valence-corrected chi connectivity index (χ2v) is 6.04. The third kappa shape index (κ3) is 2.79. The maximum absolute atomic E-state index is 6.16. The number of hydrogen-bond acceptors (Lipinski definition) is 3. The van der Waals surface area contributed by atoms with Crippen LogP contribution in [0.5, 0.6) is 11.5 Å². The van der Waals surface area contributed by atoms with E-state index >= 15 is 0 Å². The lowest BCUT2D eigenvalue weighted by Gasteiger charge is -2.12. The molecule has 0 radical (unpaired) electrons. The van der Waals surface area contributed by atoms with Gasteiger partial charge in [-0.05, 0) is 40.2 Å². The Labute approximate surface area is 139 Å². The normalized spacial score (nSPS) is 10.8. The van der Waals surface area contributed by atoms with E-state index < -0.39 is 0 Å². The van der Waals surface area contributed by atoms with Gasteiger partial charge in [-0.2, -0.15) is 0 Å². The smallest absolute Gasteiger partial charge is 0.151 e. The van der Waals surface area contributed by atoms with Gasteiger partial charge in [0, 0.05) is 33.7 Å². The molecule has 0 saturated carbocycles. The van der Waals surface area contributed by atoms with Gasteiger partial charge >= 0.3 is 0 Å². The van der Waals surface area contributed by atoms with Crippen LogP contribution in [0, 0.1) is 0 Å². The Morgan fingerprint density at radius 3 is 2.67 bits per heavy atom. The lowest BCUT2D eigenvalue weighted by atomic mass is 10.1. The summed E-state index contributed by atoms with van der Waals surface area (Å²) in [7, 11) is 0. The number of halogens is 3. The number of nitrogens with two attached hydrogens (primary N) is 1. The van der Waals surface area contributed by atoms with Crippen molar-refractivity contribution in [3.05, 3.63) is 57.2 Å². The highest BCUT2D eigenvalue weighted by Gasteiger charge is 2.11. The van der Waals surface area contributed by atoms with Gasteiger partial charge in [0.25, 0.3) is 0 Å². The molecule has 3 nitrogen and oxygen atoms in total. The number of benzene rings is 2. The average molecular weight is 384 g/mol. The predicted octanol–water partition coefficient (Wildman–Crippen LogP) is 5.68. The average Bonchev–Trinajstić information content (AvgIpc) is 2.48. The minimum absolute atomic E-state index is 0.445. The van der Waals surface area contributed by atoms with Crippen LogP contribution in [0.4, 0.5) is 5.69 Å². The van der Waals surface area contributed by atoms with Crippen molar-refractivity contribution in [2.45, 2.75) is 0 Å². The lowest BCUT2D eigenvalue weighted by Crippen LogP contribution is -1.94. The Kier molecular flexibility index (Phi) is 3.93. The zero-order chi connectivity index (χ0) is 15.0. The fourth-order valence-electron chi connectivity index (χ4n) is 1.96. The molecule has 1 aromatic heterocycles. The molecule has 0 aliphatic rings. The highest BCUT2D eigenvalue weighted by molar-refractivity contribution is 9.10.